The van der Waals surface area contributed by atoms with Crippen LogP contribution in [0.4, 0.5) is 11.4 Å². The maximum Gasteiger partial charge on any atom is 0.314 e. The number of aliphatic hydroxyl groups is 2. The number of ether oxygens (including phenoxy) is 4. The first-order valence-corrected chi connectivity index (χ1v) is 24.4. The third-order valence-electron chi connectivity index (χ3n) is 14.0. The number of methoxy groups -OCH3 is 2. The molecule has 4 aromatic rings. The molecule has 0 saturated heterocycles. The Labute approximate surface area is 407 Å². The first kappa shape index (κ1) is 52.5. The fraction of sp³-hybridized carbons (Fsp3) is 0.439. The summed E-state index contributed by atoms with van der Waals surface area (Å²) in [4.78, 5) is 54.4. The number of nitrogens with two attached hydrogens (primary N) is 2. The summed E-state index contributed by atoms with van der Waals surface area (Å²) in [5.74, 6) is -3.37. The quantitative estimate of drug-likeness (QED) is 0.0130. The number of benzene rings is 4. The summed E-state index contributed by atoms with van der Waals surface area (Å²) < 4.78 is 21.8. The van der Waals surface area contributed by atoms with Gasteiger partial charge in [-0.2, -0.15) is 0 Å². The van der Waals surface area contributed by atoms with Gasteiger partial charge in [0.05, 0.1) is 11.8 Å². The molecule has 6 N–H and O–H groups in total. The first-order chi connectivity index (χ1) is 33.2. The van der Waals surface area contributed by atoms with E-state index in [0.29, 0.717) is 57.0 Å². The van der Waals surface area contributed by atoms with Crippen molar-refractivity contribution in [3.05, 3.63) is 131 Å². The highest BCUT2D eigenvalue weighted by Gasteiger charge is 2.54. The van der Waals surface area contributed by atoms with E-state index in [-0.39, 0.29) is 36.6 Å². The van der Waals surface area contributed by atoms with Crippen LogP contribution in [0.1, 0.15) is 106 Å². The molecule has 6 rings (SSSR count). The summed E-state index contributed by atoms with van der Waals surface area (Å²) in [5.41, 5.74) is 13.7. The average Bonchev–Trinajstić information content (AvgIpc) is 3.35. The second-order valence-corrected chi connectivity index (χ2v) is 19.1. The Hall–Kier alpha value is -5.92. The zero-order valence-electron chi connectivity index (χ0n) is 40.2. The molecule has 0 aromatic heterocycles. The van der Waals surface area contributed by atoms with E-state index in [4.69, 9.17) is 30.4 Å². The normalized spacial score (nSPS) is 18.8. The fourth-order valence-electron chi connectivity index (χ4n) is 9.84. The summed E-state index contributed by atoms with van der Waals surface area (Å²) in [6.45, 7) is 1.50. The van der Waals surface area contributed by atoms with Gasteiger partial charge in [-0.3, -0.25) is 19.2 Å². The molecule has 2 fully saturated rings. The minimum Gasteiger partial charge on any atom is -0.426 e. The molecule has 0 bridgehead atoms. The number of ketones is 2. The van der Waals surface area contributed by atoms with Gasteiger partial charge in [0.25, 0.3) is 0 Å². The van der Waals surface area contributed by atoms with E-state index in [1.165, 1.54) is 12.2 Å². The minimum atomic E-state index is -3.07. The van der Waals surface area contributed by atoms with Crippen LogP contribution in [-0.2, 0) is 41.5 Å². The van der Waals surface area contributed by atoms with Crippen LogP contribution in [0, 0.1) is 29.1 Å². The number of carbonyl (C=O) groups excluding carboxylic acids is 4. The maximum atomic E-state index is 14.2. The Kier molecular flexibility index (Phi) is 19.5. The fourth-order valence-corrected chi connectivity index (χ4v) is 9.84. The van der Waals surface area contributed by atoms with Crippen molar-refractivity contribution in [2.24, 2.45) is 29.1 Å². The van der Waals surface area contributed by atoms with Gasteiger partial charge >= 0.3 is 11.9 Å². The van der Waals surface area contributed by atoms with Crippen LogP contribution in [0.2, 0.25) is 0 Å². The van der Waals surface area contributed by atoms with Crippen LogP contribution in [-0.4, -0.2) is 66.9 Å². The van der Waals surface area contributed by atoms with E-state index in [2.05, 4.69) is 0 Å². The molecule has 0 spiro atoms. The third kappa shape index (κ3) is 15.5. The van der Waals surface area contributed by atoms with Crippen molar-refractivity contribution in [1.82, 2.24) is 0 Å². The van der Waals surface area contributed by atoms with Crippen molar-refractivity contribution in [3.63, 3.8) is 0 Å². The summed E-state index contributed by atoms with van der Waals surface area (Å²) >= 11 is 0. The SMILES string of the molecule is COCCCC1CCC(C(=O)Oc2ccc(C=CC(=O)CC(Cc3ccc(N)cc3)(Cc3ccc(N)cc3)C(O)(O)C(=O)C=Cc3ccc(OC(=O)C4CCC(CCCOC)CC4)cc3)cc2)CC1. The van der Waals surface area contributed by atoms with Gasteiger partial charge in [0.2, 0.25) is 11.6 Å². The first-order valence-electron chi connectivity index (χ1n) is 24.4. The van der Waals surface area contributed by atoms with Gasteiger partial charge in [-0.05, 0) is 185 Å². The van der Waals surface area contributed by atoms with Crippen LogP contribution in [0.5, 0.6) is 11.5 Å². The standard InChI is InChI=1S/C57H70N2O10/c1-66-35-3-5-40-7-21-46(22-8-40)54(62)68-51-30-16-42(17-31-51)15-29-50(60)39-56(37-44-11-25-48(58)26-12-44,38-45-13-27-49(59)28-14-45)57(64,65)53(61)34-20-43-18-32-52(33-19-43)69-55(63)47-23-9-41(10-24-47)6-4-36-67-2/h11-20,25-34,40-41,46-47,64-65H,3-10,21-24,35-39,58-59H2,1-2H3. The lowest BCUT2D eigenvalue weighted by molar-refractivity contribution is -0.230. The molecule has 0 radical (unpaired) electrons. The average molecular weight is 943 g/mol. The molecular weight excluding hydrogens is 873 g/mol. The summed E-state index contributed by atoms with van der Waals surface area (Å²) in [7, 11) is 3.42. The van der Waals surface area contributed by atoms with Crippen LogP contribution in [0.3, 0.4) is 0 Å². The molecule has 0 unspecified atom stereocenters. The molecule has 0 aliphatic heterocycles. The van der Waals surface area contributed by atoms with Crippen LogP contribution in [0.25, 0.3) is 12.2 Å². The van der Waals surface area contributed by atoms with Crippen LogP contribution >= 0.6 is 0 Å². The lowest BCUT2D eigenvalue weighted by Crippen LogP contribution is -2.57. The van der Waals surface area contributed by atoms with E-state index in [9.17, 15) is 29.4 Å². The summed E-state index contributed by atoms with van der Waals surface area (Å²) in [6.07, 6.45) is 16.3. The topological polar surface area (TPSA) is 198 Å². The van der Waals surface area contributed by atoms with Gasteiger partial charge in [-0.25, -0.2) is 0 Å². The predicted molar refractivity (Wildman–Crippen MR) is 269 cm³/mol. The van der Waals surface area contributed by atoms with Crippen molar-refractivity contribution < 1.29 is 48.3 Å². The lowest BCUT2D eigenvalue weighted by Gasteiger charge is -2.42. The van der Waals surface area contributed by atoms with E-state index < -0.39 is 29.2 Å². The van der Waals surface area contributed by atoms with Gasteiger partial charge < -0.3 is 40.6 Å². The van der Waals surface area contributed by atoms with Gasteiger partial charge in [-0.15, -0.1) is 0 Å². The second kappa shape index (κ2) is 25.6. The zero-order valence-corrected chi connectivity index (χ0v) is 40.2. The number of anilines is 2. The third-order valence-corrected chi connectivity index (χ3v) is 14.0. The Morgan fingerprint density at radius 1 is 0.565 bits per heavy atom. The zero-order chi connectivity index (χ0) is 49.2. The highest BCUT2D eigenvalue weighted by molar-refractivity contribution is 6.01. The second-order valence-electron chi connectivity index (χ2n) is 19.1. The Bertz CT molecular complexity index is 2280. The number of hydrogen-bond donors (Lipinski definition) is 4. The van der Waals surface area contributed by atoms with Crippen molar-refractivity contribution in [1.29, 1.82) is 0 Å². The van der Waals surface area contributed by atoms with Crippen molar-refractivity contribution in [2.75, 3.05) is 38.9 Å². The molecule has 2 aliphatic carbocycles. The Balaban J connectivity index is 1.15. The summed E-state index contributed by atoms with van der Waals surface area (Å²) in [5, 5.41) is 24.5. The number of carbonyl (C=O) groups is 4. The highest BCUT2D eigenvalue weighted by atomic mass is 16.5. The van der Waals surface area contributed by atoms with Gasteiger partial charge in [0.15, 0.2) is 5.78 Å². The molecule has 0 atom stereocenters. The minimum absolute atomic E-state index is 0.0884. The van der Waals surface area contributed by atoms with E-state index in [1.54, 1.807) is 117 Å². The number of nitrogen functional groups attached to an aromatic ring is 2. The molecule has 4 aromatic carbocycles. The molecule has 2 aliphatic rings. The van der Waals surface area contributed by atoms with E-state index >= 15 is 0 Å². The monoisotopic (exact) mass is 943 g/mol. The highest BCUT2D eigenvalue weighted by Crippen LogP contribution is 2.43. The largest absolute Gasteiger partial charge is 0.426 e. The Morgan fingerprint density at radius 3 is 1.35 bits per heavy atom. The number of esters is 2. The number of hydrogen-bond acceptors (Lipinski definition) is 12. The smallest absolute Gasteiger partial charge is 0.314 e. The van der Waals surface area contributed by atoms with Gasteiger partial charge in [-0.1, -0.05) is 60.7 Å². The maximum absolute atomic E-state index is 14.2. The molecule has 12 heteroatoms. The van der Waals surface area contributed by atoms with Crippen molar-refractivity contribution in [2.45, 2.75) is 102 Å². The molecule has 0 heterocycles. The van der Waals surface area contributed by atoms with Crippen LogP contribution < -0.4 is 20.9 Å². The van der Waals surface area contributed by atoms with E-state index in [1.807, 2.05) is 0 Å². The van der Waals surface area contributed by atoms with Gasteiger partial charge in [0.1, 0.15) is 11.5 Å². The molecule has 0 amide bonds. The summed E-state index contributed by atoms with van der Waals surface area (Å²) in [6, 6.07) is 27.1. The number of allylic oxidation sites excluding steroid dienone is 1. The molecule has 12 nitrogen and oxygen atoms in total. The van der Waals surface area contributed by atoms with Crippen molar-refractivity contribution >= 4 is 47.0 Å². The molecule has 69 heavy (non-hydrogen) atoms. The predicted octanol–water partition coefficient (Wildman–Crippen LogP) is 9.54. The molecule has 368 valence electrons. The molecule has 2 saturated carbocycles. The van der Waals surface area contributed by atoms with Gasteiger partial charge in [0, 0.05) is 50.6 Å². The molecular formula is C57H70N2O10. The van der Waals surface area contributed by atoms with E-state index in [0.717, 1.165) is 96.3 Å². The van der Waals surface area contributed by atoms with Crippen LogP contribution in [0.15, 0.2) is 109 Å². The van der Waals surface area contributed by atoms with Crippen molar-refractivity contribution in [3.8, 4) is 11.5 Å². The number of rotatable bonds is 24. The lowest BCUT2D eigenvalue weighted by atomic mass is 9.65. The Morgan fingerprint density at radius 2 is 0.957 bits per heavy atom.